The number of piperidine rings is 2. The van der Waals surface area contributed by atoms with E-state index in [1.807, 2.05) is 17.9 Å². The first kappa shape index (κ1) is 19.7. The number of nitrogens with zero attached hydrogens (tertiary/aromatic N) is 4. The summed E-state index contributed by atoms with van der Waals surface area (Å²) in [4.78, 5) is 7.75. The molecule has 2 aromatic rings. The molecule has 166 valence electrons. The lowest BCUT2D eigenvalue weighted by molar-refractivity contribution is 0.265. The van der Waals surface area contributed by atoms with Crippen LogP contribution in [0.5, 0.6) is 0 Å². The Kier molecular flexibility index (Phi) is 4.98. The van der Waals surface area contributed by atoms with Crippen LogP contribution in [0.1, 0.15) is 66.9 Å². The van der Waals surface area contributed by atoms with Gasteiger partial charge < -0.3 is 16.0 Å². The molecule has 5 heterocycles. The molecule has 0 spiro atoms. The summed E-state index contributed by atoms with van der Waals surface area (Å²) < 4.78 is 1.89. The van der Waals surface area contributed by atoms with E-state index in [1.165, 1.54) is 29.8 Å². The van der Waals surface area contributed by atoms with E-state index in [-0.39, 0.29) is 12.1 Å². The Labute approximate surface area is 183 Å². The summed E-state index contributed by atoms with van der Waals surface area (Å²) in [6, 6.07) is 5.84. The van der Waals surface area contributed by atoms with Crippen LogP contribution in [0.4, 0.5) is 5.82 Å². The van der Waals surface area contributed by atoms with Crippen LogP contribution in [-0.4, -0.2) is 46.5 Å². The summed E-state index contributed by atoms with van der Waals surface area (Å²) in [6.45, 7) is 2.94. The summed E-state index contributed by atoms with van der Waals surface area (Å²) in [6.07, 6.45) is 10.0. The minimum atomic E-state index is 0.219. The molecule has 0 amide bonds. The van der Waals surface area contributed by atoms with E-state index in [4.69, 9.17) is 10.7 Å². The van der Waals surface area contributed by atoms with Gasteiger partial charge in [0.15, 0.2) is 0 Å². The summed E-state index contributed by atoms with van der Waals surface area (Å²) >= 11 is 0. The number of hydrazine groups is 1. The summed E-state index contributed by atoms with van der Waals surface area (Å²) in [7, 11) is 1.98. The zero-order valence-electron chi connectivity index (χ0n) is 18.3. The number of rotatable bonds is 4. The zero-order chi connectivity index (χ0) is 20.9. The van der Waals surface area contributed by atoms with Gasteiger partial charge in [-0.05, 0) is 49.7 Å². The van der Waals surface area contributed by atoms with Gasteiger partial charge in [-0.2, -0.15) is 5.10 Å². The average Bonchev–Trinajstić information content (AvgIpc) is 3.40. The lowest BCUT2D eigenvalue weighted by Crippen LogP contribution is -2.46. The number of aromatic nitrogens is 3. The molecule has 1 saturated carbocycles. The first-order valence-corrected chi connectivity index (χ1v) is 11.9. The Morgan fingerprint density at radius 3 is 2.84 bits per heavy atom. The largest absolute Gasteiger partial charge is 0.355 e. The van der Waals surface area contributed by atoms with E-state index < -0.39 is 0 Å². The fourth-order valence-electron chi connectivity index (χ4n) is 5.75. The van der Waals surface area contributed by atoms with Gasteiger partial charge in [0.2, 0.25) is 0 Å². The highest BCUT2D eigenvalue weighted by molar-refractivity contribution is 5.52. The van der Waals surface area contributed by atoms with E-state index in [1.54, 1.807) is 0 Å². The van der Waals surface area contributed by atoms with Gasteiger partial charge in [0.1, 0.15) is 5.82 Å². The highest BCUT2D eigenvalue weighted by Crippen LogP contribution is 2.45. The lowest BCUT2D eigenvalue weighted by atomic mass is 9.82. The SMILES string of the molecule is Cn1cc(C2CC3C(CN2)NNC3c2ccc(C3CC3)c(N3CCC[C@H](N)C3)n2)cn1. The predicted molar refractivity (Wildman–Crippen MR) is 120 cm³/mol. The maximum absolute atomic E-state index is 6.32. The van der Waals surface area contributed by atoms with E-state index >= 15 is 0 Å². The van der Waals surface area contributed by atoms with Gasteiger partial charge in [-0.15, -0.1) is 0 Å². The number of anilines is 1. The van der Waals surface area contributed by atoms with Crippen LogP contribution in [0.15, 0.2) is 24.5 Å². The second-order valence-corrected chi connectivity index (χ2v) is 9.95. The Bertz CT molecular complexity index is 937. The van der Waals surface area contributed by atoms with Crippen LogP contribution in [0.3, 0.4) is 0 Å². The molecular formula is C23H34N8. The first-order valence-electron chi connectivity index (χ1n) is 11.9. The van der Waals surface area contributed by atoms with Crippen LogP contribution >= 0.6 is 0 Å². The molecule has 5 atom stereocenters. The summed E-state index contributed by atoms with van der Waals surface area (Å²) in [5.41, 5.74) is 17.3. The fourth-order valence-corrected chi connectivity index (χ4v) is 5.75. The van der Waals surface area contributed by atoms with Crippen molar-refractivity contribution in [3.05, 3.63) is 41.3 Å². The summed E-state index contributed by atoms with van der Waals surface area (Å²) in [5.74, 6) is 2.37. The standard InChI is InChI=1S/C23H34N8/c1-30-12-15(10-26-30)20-9-18-21(11-25-20)28-29-22(18)19-7-6-17(14-4-5-14)23(27-19)31-8-2-3-16(24)13-31/h6-7,10,12,14,16,18,20-22,25,28-29H,2-5,8-9,11,13,24H2,1H3/t16-,18?,20?,21?,22?/m0/s1. The Hall–Kier alpha value is -2.00. The van der Waals surface area contributed by atoms with Crippen LogP contribution in [0.2, 0.25) is 0 Å². The molecule has 4 aliphatic rings. The number of hydrogen-bond acceptors (Lipinski definition) is 7. The zero-order valence-corrected chi connectivity index (χ0v) is 18.3. The Morgan fingerprint density at radius 2 is 2.06 bits per heavy atom. The van der Waals surface area contributed by atoms with Gasteiger partial charge in [-0.3, -0.25) is 10.1 Å². The van der Waals surface area contributed by atoms with E-state index in [9.17, 15) is 0 Å². The molecule has 0 aromatic carbocycles. The number of hydrogen-bond donors (Lipinski definition) is 4. The molecule has 5 N–H and O–H groups in total. The molecular weight excluding hydrogens is 388 g/mol. The molecule has 2 aromatic heterocycles. The van der Waals surface area contributed by atoms with Gasteiger partial charge in [0, 0.05) is 62.5 Å². The van der Waals surface area contributed by atoms with Crippen molar-refractivity contribution < 1.29 is 0 Å². The van der Waals surface area contributed by atoms with E-state index in [0.29, 0.717) is 23.9 Å². The number of pyridine rings is 1. The van der Waals surface area contributed by atoms with E-state index in [0.717, 1.165) is 44.6 Å². The van der Waals surface area contributed by atoms with Crippen molar-refractivity contribution in [2.24, 2.45) is 18.7 Å². The minimum Gasteiger partial charge on any atom is -0.355 e. The smallest absolute Gasteiger partial charge is 0.132 e. The molecule has 31 heavy (non-hydrogen) atoms. The van der Waals surface area contributed by atoms with Crippen LogP contribution in [-0.2, 0) is 7.05 Å². The van der Waals surface area contributed by atoms with E-state index in [2.05, 4.69) is 44.5 Å². The minimum absolute atomic E-state index is 0.219. The molecule has 0 bridgehead atoms. The number of fused-ring (bicyclic) bond motifs is 1. The molecule has 4 unspecified atom stereocenters. The van der Waals surface area contributed by atoms with Gasteiger partial charge in [-0.1, -0.05) is 6.07 Å². The normalized spacial score (nSPS) is 33.5. The molecule has 6 rings (SSSR count). The average molecular weight is 423 g/mol. The monoisotopic (exact) mass is 422 g/mol. The molecule has 0 radical (unpaired) electrons. The third-order valence-electron chi connectivity index (χ3n) is 7.61. The maximum atomic E-state index is 6.32. The molecule has 3 aliphatic heterocycles. The Balaban J connectivity index is 1.28. The van der Waals surface area contributed by atoms with Crippen molar-refractivity contribution in [1.82, 2.24) is 30.9 Å². The fraction of sp³-hybridized carbons (Fsp3) is 0.652. The number of nitrogens with one attached hydrogen (secondary N) is 3. The van der Waals surface area contributed by atoms with Crippen LogP contribution in [0, 0.1) is 5.92 Å². The maximum Gasteiger partial charge on any atom is 0.132 e. The molecule has 1 aliphatic carbocycles. The van der Waals surface area contributed by atoms with Gasteiger partial charge in [0.05, 0.1) is 17.9 Å². The van der Waals surface area contributed by atoms with Crippen molar-refractivity contribution in [3.63, 3.8) is 0 Å². The number of nitrogens with two attached hydrogens (primary N) is 1. The van der Waals surface area contributed by atoms with Crippen LogP contribution < -0.4 is 26.8 Å². The third kappa shape index (κ3) is 3.75. The summed E-state index contributed by atoms with van der Waals surface area (Å²) in [5, 5.41) is 8.07. The van der Waals surface area contributed by atoms with Crippen molar-refractivity contribution in [2.45, 2.75) is 62.2 Å². The lowest BCUT2D eigenvalue weighted by Gasteiger charge is -2.35. The van der Waals surface area contributed by atoms with Crippen molar-refractivity contribution >= 4 is 5.82 Å². The predicted octanol–water partition coefficient (Wildman–Crippen LogP) is 1.49. The Morgan fingerprint density at radius 1 is 1.16 bits per heavy atom. The van der Waals surface area contributed by atoms with Crippen molar-refractivity contribution in [1.29, 1.82) is 0 Å². The second-order valence-electron chi connectivity index (χ2n) is 9.95. The quantitative estimate of drug-likeness (QED) is 0.593. The van der Waals surface area contributed by atoms with Crippen molar-refractivity contribution in [2.75, 3.05) is 24.5 Å². The van der Waals surface area contributed by atoms with Gasteiger partial charge in [-0.25, -0.2) is 10.4 Å². The highest BCUT2D eigenvalue weighted by Gasteiger charge is 2.42. The molecule has 3 saturated heterocycles. The van der Waals surface area contributed by atoms with Gasteiger partial charge >= 0.3 is 0 Å². The molecule has 8 heteroatoms. The topological polar surface area (TPSA) is 96.1 Å². The highest BCUT2D eigenvalue weighted by atomic mass is 15.4. The third-order valence-corrected chi connectivity index (χ3v) is 7.61. The number of aryl methyl sites for hydroxylation is 1. The molecule has 4 fully saturated rings. The second kappa shape index (κ2) is 7.85. The first-order chi connectivity index (χ1) is 15.2. The molecule has 8 nitrogen and oxygen atoms in total. The van der Waals surface area contributed by atoms with Gasteiger partial charge in [0.25, 0.3) is 0 Å². The van der Waals surface area contributed by atoms with Crippen LogP contribution in [0.25, 0.3) is 0 Å². The van der Waals surface area contributed by atoms with Crippen molar-refractivity contribution in [3.8, 4) is 0 Å².